The molecule has 0 aromatic carbocycles. The molecule has 1 N–H and O–H groups in total. The number of methoxy groups -OCH3 is 1. The number of ether oxygens (including phenoxy) is 2. The van der Waals surface area contributed by atoms with Gasteiger partial charge in [-0.2, -0.15) is 0 Å². The monoisotopic (exact) mass is 502 g/mol. The van der Waals surface area contributed by atoms with E-state index in [1.54, 1.807) is 9.80 Å². The van der Waals surface area contributed by atoms with E-state index in [1.807, 2.05) is 0 Å². The fourth-order valence-electron chi connectivity index (χ4n) is 9.23. The Morgan fingerprint density at radius 1 is 1.03 bits per heavy atom. The van der Waals surface area contributed by atoms with Crippen LogP contribution in [0, 0.1) is 40.4 Å². The standard InChI is InChI=1S/C29H46N2O5/c1-19(18-36-27(34)31-15-13-30(14-16-31)26(33)35-4)23-7-8-24-22-6-5-20-17-21(32)9-11-28(20,2)25(22)10-12-29(23,24)3/h5,19,21-25,32H,6-18H2,1-4H3/t19-,21+,22+,23-,24+,25+,28+,29-/m1/s1. The number of piperazine rings is 1. The molecule has 202 valence electrons. The van der Waals surface area contributed by atoms with Gasteiger partial charge >= 0.3 is 12.2 Å². The second-order valence-corrected chi connectivity index (χ2v) is 12.9. The van der Waals surface area contributed by atoms with Crippen LogP contribution in [-0.2, 0) is 9.47 Å². The number of fused-ring (bicyclic) bond motifs is 5. The van der Waals surface area contributed by atoms with Gasteiger partial charge in [0.15, 0.2) is 0 Å². The summed E-state index contributed by atoms with van der Waals surface area (Å²) in [6.45, 7) is 9.70. The molecule has 0 spiro atoms. The zero-order valence-electron chi connectivity index (χ0n) is 22.7. The van der Waals surface area contributed by atoms with Crippen molar-refractivity contribution < 1.29 is 24.2 Å². The van der Waals surface area contributed by atoms with Crippen LogP contribution in [0.15, 0.2) is 11.6 Å². The molecule has 5 rings (SSSR count). The zero-order valence-corrected chi connectivity index (χ0v) is 22.7. The van der Waals surface area contributed by atoms with E-state index in [4.69, 9.17) is 9.47 Å². The summed E-state index contributed by atoms with van der Waals surface area (Å²) in [5, 5.41) is 10.3. The van der Waals surface area contributed by atoms with E-state index in [0.717, 1.165) is 37.0 Å². The topological polar surface area (TPSA) is 79.3 Å². The van der Waals surface area contributed by atoms with Crippen molar-refractivity contribution in [2.75, 3.05) is 39.9 Å². The van der Waals surface area contributed by atoms with Crippen LogP contribution >= 0.6 is 0 Å². The van der Waals surface area contributed by atoms with Crippen molar-refractivity contribution in [2.24, 2.45) is 40.4 Å². The first-order valence-electron chi connectivity index (χ1n) is 14.3. The second kappa shape index (κ2) is 9.85. The Kier molecular flexibility index (Phi) is 7.08. The van der Waals surface area contributed by atoms with Gasteiger partial charge in [-0.25, -0.2) is 9.59 Å². The largest absolute Gasteiger partial charge is 0.453 e. The van der Waals surface area contributed by atoms with Gasteiger partial charge in [-0.1, -0.05) is 32.4 Å². The molecule has 5 aliphatic rings. The van der Waals surface area contributed by atoms with Crippen LogP contribution in [0.4, 0.5) is 9.59 Å². The molecule has 1 saturated heterocycles. The number of aliphatic hydroxyl groups excluding tert-OH is 1. The van der Waals surface area contributed by atoms with Crippen LogP contribution in [0.25, 0.3) is 0 Å². The van der Waals surface area contributed by atoms with E-state index in [0.29, 0.717) is 50.0 Å². The molecule has 2 amide bonds. The van der Waals surface area contributed by atoms with Gasteiger partial charge in [0, 0.05) is 26.2 Å². The van der Waals surface area contributed by atoms with Crippen LogP contribution < -0.4 is 0 Å². The Labute approximate surface area is 216 Å². The minimum absolute atomic E-state index is 0.147. The summed E-state index contributed by atoms with van der Waals surface area (Å²) in [7, 11) is 1.38. The van der Waals surface area contributed by atoms with Gasteiger partial charge in [0.25, 0.3) is 0 Å². The Balaban J connectivity index is 1.18. The molecule has 1 aliphatic heterocycles. The molecule has 0 radical (unpaired) electrons. The number of rotatable bonds is 3. The SMILES string of the molecule is COC(=O)N1CCN(C(=O)OC[C@@H](C)[C@H]2CC[C@H]3[C@@H]4CC=C5C[C@@H](O)CC[C@]5(C)[C@H]4CC[C@]23C)CC1. The lowest BCUT2D eigenvalue weighted by atomic mass is 9.47. The maximum absolute atomic E-state index is 12.8. The van der Waals surface area contributed by atoms with Crippen molar-refractivity contribution in [2.45, 2.75) is 78.2 Å². The first-order valence-corrected chi connectivity index (χ1v) is 14.3. The Morgan fingerprint density at radius 2 is 1.72 bits per heavy atom. The van der Waals surface area contributed by atoms with Gasteiger partial charge in [0.1, 0.15) is 0 Å². The van der Waals surface area contributed by atoms with Crippen molar-refractivity contribution >= 4 is 12.2 Å². The first-order chi connectivity index (χ1) is 17.2. The van der Waals surface area contributed by atoms with Gasteiger partial charge in [0.05, 0.1) is 19.8 Å². The second-order valence-electron chi connectivity index (χ2n) is 12.9. The Bertz CT molecular complexity index is 883. The molecule has 0 aromatic rings. The zero-order chi connectivity index (χ0) is 25.7. The maximum Gasteiger partial charge on any atom is 0.409 e. The van der Waals surface area contributed by atoms with Crippen LogP contribution in [-0.4, -0.2) is 73.1 Å². The van der Waals surface area contributed by atoms with Gasteiger partial charge in [0.2, 0.25) is 0 Å². The number of allylic oxidation sites excluding steroid dienone is 1. The number of aliphatic hydroxyl groups is 1. The van der Waals surface area contributed by atoms with Crippen LogP contribution in [0.5, 0.6) is 0 Å². The van der Waals surface area contributed by atoms with Gasteiger partial charge in [-0.3, -0.25) is 0 Å². The number of hydrogen-bond acceptors (Lipinski definition) is 5. The third kappa shape index (κ3) is 4.33. The summed E-state index contributed by atoms with van der Waals surface area (Å²) in [5.41, 5.74) is 2.13. The van der Waals surface area contributed by atoms with Crippen molar-refractivity contribution in [3.8, 4) is 0 Å². The highest BCUT2D eigenvalue weighted by Gasteiger charge is 2.59. The van der Waals surface area contributed by atoms with Gasteiger partial charge in [-0.15, -0.1) is 0 Å². The third-order valence-electron chi connectivity index (χ3n) is 11.3. The first kappa shape index (κ1) is 25.9. The molecule has 7 heteroatoms. The molecular weight excluding hydrogens is 456 g/mol. The highest BCUT2D eigenvalue weighted by atomic mass is 16.6. The van der Waals surface area contributed by atoms with E-state index in [1.165, 1.54) is 44.8 Å². The summed E-state index contributed by atoms with van der Waals surface area (Å²) in [4.78, 5) is 27.8. The molecule has 36 heavy (non-hydrogen) atoms. The van der Waals surface area contributed by atoms with Crippen LogP contribution in [0.1, 0.15) is 72.1 Å². The molecule has 0 aromatic heterocycles. The van der Waals surface area contributed by atoms with E-state index in [2.05, 4.69) is 26.8 Å². The lowest BCUT2D eigenvalue weighted by Gasteiger charge is -2.58. The minimum atomic E-state index is -0.338. The van der Waals surface area contributed by atoms with E-state index in [9.17, 15) is 14.7 Å². The summed E-state index contributed by atoms with van der Waals surface area (Å²) in [6, 6.07) is 0. The number of carbonyl (C=O) groups excluding carboxylic acids is 2. The van der Waals surface area contributed by atoms with Crippen molar-refractivity contribution in [3.05, 3.63) is 11.6 Å². The van der Waals surface area contributed by atoms with Crippen molar-refractivity contribution in [3.63, 3.8) is 0 Å². The maximum atomic E-state index is 12.8. The smallest absolute Gasteiger partial charge is 0.409 e. The Hall–Kier alpha value is -1.76. The molecule has 7 nitrogen and oxygen atoms in total. The highest BCUT2D eigenvalue weighted by Crippen LogP contribution is 2.67. The van der Waals surface area contributed by atoms with Crippen LogP contribution in [0.3, 0.4) is 0 Å². The molecule has 8 atom stereocenters. The summed E-state index contributed by atoms with van der Waals surface area (Å²) in [6.07, 6.45) is 11.0. The molecule has 1 heterocycles. The Morgan fingerprint density at radius 3 is 2.42 bits per heavy atom. The fraction of sp³-hybridized carbons (Fsp3) is 0.862. The lowest BCUT2D eigenvalue weighted by Crippen LogP contribution is -2.51. The highest BCUT2D eigenvalue weighted by molar-refractivity contribution is 5.70. The number of nitrogens with zero attached hydrogens (tertiary/aromatic N) is 2. The number of amides is 2. The molecule has 4 aliphatic carbocycles. The summed E-state index contributed by atoms with van der Waals surface area (Å²) < 4.78 is 10.6. The summed E-state index contributed by atoms with van der Waals surface area (Å²) >= 11 is 0. The quantitative estimate of drug-likeness (QED) is 0.544. The van der Waals surface area contributed by atoms with Crippen molar-refractivity contribution in [1.82, 2.24) is 9.80 Å². The summed E-state index contributed by atoms with van der Waals surface area (Å²) in [5.74, 6) is 3.16. The molecule has 4 fully saturated rings. The van der Waals surface area contributed by atoms with E-state index in [-0.39, 0.29) is 23.7 Å². The predicted molar refractivity (Wildman–Crippen MR) is 137 cm³/mol. The average Bonchev–Trinajstić information content (AvgIpc) is 3.24. The molecular formula is C29H46N2O5. The number of carbonyl (C=O) groups is 2. The minimum Gasteiger partial charge on any atom is -0.453 e. The molecule has 3 saturated carbocycles. The van der Waals surface area contributed by atoms with E-state index >= 15 is 0 Å². The molecule has 0 bridgehead atoms. The van der Waals surface area contributed by atoms with Gasteiger partial charge < -0.3 is 24.4 Å². The molecule has 0 unspecified atom stereocenters. The normalized spacial score (nSPS) is 40.9. The van der Waals surface area contributed by atoms with E-state index < -0.39 is 0 Å². The lowest BCUT2D eigenvalue weighted by molar-refractivity contribution is -0.0609. The van der Waals surface area contributed by atoms with Crippen molar-refractivity contribution in [1.29, 1.82) is 0 Å². The van der Waals surface area contributed by atoms with Gasteiger partial charge in [-0.05, 0) is 91.8 Å². The van der Waals surface area contributed by atoms with Crippen LogP contribution in [0.2, 0.25) is 0 Å². The number of hydrogen-bond donors (Lipinski definition) is 1. The fourth-order valence-corrected chi connectivity index (χ4v) is 9.23. The average molecular weight is 503 g/mol. The third-order valence-corrected chi connectivity index (χ3v) is 11.3. The predicted octanol–water partition coefficient (Wildman–Crippen LogP) is 5.08.